The lowest BCUT2D eigenvalue weighted by Gasteiger charge is -2.00. The molecule has 0 aliphatic heterocycles. The first-order valence-electron chi connectivity index (χ1n) is 4.16. The van der Waals surface area contributed by atoms with Crippen LogP contribution in [0.25, 0.3) is 0 Å². The first kappa shape index (κ1) is 10.9. The maximum absolute atomic E-state index is 10.8. The molecule has 4 heteroatoms. The minimum absolute atomic E-state index is 0.0328. The van der Waals surface area contributed by atoms with Gasteiger partial charge in [-0.3, -0.25) is 10.2 Å². The van der Waals surface area contributed by atoms with Crippen molar-refractivity contribution >= 4 is 33.1 Å². The van der Waals surface area contributed by atoms with E-state index < -0.39 is 0 Å². The topological polar surface area (TPSA) is 41.5 Å². The Morgan fingerprint density at radius 2 is 1.86 bits per heavy atom. The van der Waals surface area contributed by atoms with Gasteiger partial charge in [-0.15, -0.1) is 0 Å². The molecule has 0 aliphatic carbocycles. The first-order chi connectivity index (χ1) is 6.59. The monoisotopic (exact) mass is 254 g/mol. The fourth-order valence-corrected chi connectivity index (χ4v) is 1.02. The van der Waals surface area contributed by atoms with Crippen molar-refractivity contribution in [3.05, 3.63) is 28.7 Å². The summed E-state index contributed by atoms with van der Waals surface area (Å²) in [6.07, 6.45) is 0. The molecule has 14 heavy (non-hydrogen) atoms. The van der Waals surface area contributed by atoms with E-state index in [0.29, 0.717) is 5.71 Å². The number of hydrazone groups is 1. The number of carbonyl (C=O) groups excluding carboxylic acids is 1. The molecule has 0 unspecified atom stereocenters. The first-order valence-corrected chi connectivity index (χ1v) is 4.95. The van der Waals surface area contributed by atoms with E-state index in [0.717, 1.165) is 10.2 Å². The van der Waals surface area contributed by atoms with Gasteiger partial charge >= 0.3 is 0 Å². The van der Waals surface area contributed by atoms with Crippen molar-refractivity contribution in [1.29, 1.82) is 0 Å². The number of nitrogens with zero attached hydrogens (tertiary/aromatic N) is 1. The van der Waals surface area contributed by atoms with Crippen molar-refractivity contribution < 1.29 is 4.79 Å². The van der Waals surface area contributed by atoms with Crippen molar-refractivity contribution in [2.75, 3.05) is 5.43 Å². The van der Waals surface area contributed by atoms with Crippen LogP contribution < -0.4 is 5.43 Å². The van der Waals surface area contributed by atoms with E-state index in [2.05, 4.69) is 26.5 Å². The molecule has 0 radical (unpaired) electrons. The van der Waals surface area contributed by atoms with Gasteiger partial charge in [0, 0.05) is 11.4 Å². The van der Waals surface area contributed by atoms with Crippen molar-refractivity contribution in [2.24, 2.45) is 5.10 Å². The molecule has 0 bridgehead atoms. The number of carbonyl (C=O) groups is 1. The lowest BCUT2D eigenvalue weighted by molar-refractivity contribution is -0.111. The van der Waals surface area contributed by atoms with Gasteiger partial charge in [0.1, 0.15) is 5.71 Å². The van der Waals surface area contributed by atoms with Crippen LogP contribution in [0, 0.1) is 0 Å². The standard InChI is InChI=1S/C10H11BrN2O/c1-7(8(2)14)12-13-10-5-3-9(11)4-6-10/h3-6,13H,1-2H3/b12-7+. The van der Waals surface area contributed by atoms with Crippen molar-refractivity contribution in [3.8, 4) is 0 Å². The molecule has 0 heterocycles. The molecule has 0 fully saturated rings. The van der Waals surface area contributed by atoms with Crippen molar-refractivity contribution in [1.82, 2.24) is 0 Å². The summed E-state index contributed by atoms with van der Waals surface area (Å²) < 4.78 is 1.01. The summed E-state index contributed by atoms with van der Waals surface area (Å²) in [5.41, 5.74) is 4.12. The zero-order chi connectivity index (χ0) is 10.6. The second-order valence-corrected chi connectivity index (χ2v) is 3.79. The molecule has 1 aromatic rings. The fourth-order valence-electron chi connectivity index (χ4n) is 0.752. The van der Waals surface area contributed by atoms with Crippen LogP contribution in [0.4, 0.5) is 5.69 Å². The van der Waals surface area contributed by atoms with Gasteiger partial charge in [-0.2, -0.15) is 5.10 Å². The number of ketones is 1. The van der Waals surface area contributed by atoms with Crippen LogP contribution >= 0.6 is 15.9 Å². The number of anilines is 1. The van der Waals surface area contributed by atoms with Gasteiger partial charge in [-0.05, 0) is 31.2 Å². The summed E-state index contributed by atoms with van der Waals surface area (Å²) in [6.45, 7) is 3.16. The fraction of sp³-hybridized carbons (Fsp3) is 0.200. The summed E-state index contributed by atoms with van der Waals surface area (Å²) in [5, 5.41) is 3.93. The summed E-state index contributed by atoms with van der Waals surface area (Å²) in [4.78, 5) is 10.8. The molecule has 0 aliphatic rings. The van der Waals surface area contributed by atoms with Crippen LogP contribution in [0.2, 0.25) is 0 Å². The Balaban J connectivity index is 2.66. The Bertz CT molecular complexity index is 357. The summed E-state index contributed by atoms with van der Waals surface area (Å²) in [6, 6.07) is 7.56. The van der Waals surface area contributed by atoms with Gasteiger partial charge in [0.25, 0.3) is 0 Å². The highest BCUT2D eigenvalue weighted by atomic mass is 79.9. The Kier molecular flexibility index (Phi) is 3.83. The van der Waals surface area contributed by atoms with E-state index in [1.54, 1.807) is 6.92 Å². The Morgan fingerprint density at radius 3 is 2.36 bits per heavy atom. The number of benzene rings is 1. The molecule has 0 atom stereocenters. The van der Waals surface area contributed by atoms with Crippen molar-refractivity contribution in [3.63, 3.8) is 0 Å². The van der Waals surface area contributed by atoms with Crippen LogP contribution in [0.1, 0.15) is 13.8 Å². The molecule has 3 nitrogen and oxygen atoms in total. The molecule has 0 saturated heterocycles. The van der Waals surface area contributed by atoms with E-state index in [1.165, 1.54) is 6.92 Å². The molecule has 74 valence electrons. The second kappa shape index (κ2) is 4.91. The largest absolute Gasteiger partial charge is 0.293 e. The quantitative estimate of drug-likeness (QED) is 0.666. The molecule has 0 spiro atoms. The number of nitrogens with one attached hydrogen (secondary N) is 1. The molecule has 0 aromatic heterocycles. The predicted molar refractivity (Wildman–Crippen MR) is 61.6 cm³/mol. The predicted octanol–water partition coefficient (Wildman–Crippen LogP) is 2.83. The molecule has 1 aromatic carbocycles. The van der Waals surface area contributed by atoms with Crippen LogP contribution in [-0.4, -0.2) is 11.5 Å². The third-order valence-corrected chi connectivity index (χ3v) is 2.24. The molecule has 1 rings (SSSR count). The summed E-state index contributed by atoms with van der Waals surface area (Å²) >= 11 is 3.33. The highest BCUT2D eigenvalue weighted by molar-refractivity contribution is 9.10. The maximum Gasteiger partial charge on any atom is 0.175 e. The average Bonchev–Trinajstić information content (AvgIpc) is 2.16. The zero-order valence-electron chi connectivity index (χ0n) is 8.04. The Labute approximate surface area is 91.3 Å². The van der Waals surface area contributed by atoms with E-state index >= 15 is 0 Å². The summed E-state index contributed by atoms with van der Waals surface area (Å²) in [5.74, 6) is -0.0328. The van der Waals surface area contributed by atoms with E-state index in [9.17, 15) is 4.79 Å². The lowest BCUT2D eigenvalue weighted by atomic mass is 10.3. The SMILES string of the molecule is CC(=O)/C(C)=N/Nc1ccc(Br)cc1. The molecule has 0 saturated carbocycles. The van der Waals surface area contributed by atoms with Gasteiger partial charge in [-0.25, -0.2) is 0 Å². The lowest BCUT2D eigenvalue weighted by Crippen LogP contribution is -2.07. The molecular formula is C10H11BrN2O. The van der Waals surface area contributed by atoms with Gasteiger partial charge in [0.2, 0.25) is 0 Å². The zero-order valence-corrected chi connectivity index (χ0v) is 9.63. The van der Waals surface area contributed by atoms with Crippen LogP contribution in [0.3, 0.4) is 0 Å². The second-order valence-electron chi connectivity index (χ2n) is 2.87. The van der Waals surface area contributed by atoms with Gasteiger partial charge in [0.15, 0.2) is 5.78 Å². The normalized spacial score (nSPS) is 11.2. The molecule has 0 amide bonds. The Hall–Kier alpha value is -1.16. The third-order valence-electron chi connectivity index (χ3n) is 1.71. The maximum atomic E-state index is 10.8. The highest BCUT2D eigenvalue weighted by Crippen LogP contribution is 2.13. The van der Waals surface area contributed by atoms with Crippen LogP contribution in [0.5, 0.6) is 0 Å². The number of hydrogen-bond acceptors (Lipinski definition) is 3. The van der Waals surface area contributed by atoms with Crippen molar-refractivity contribution in [2.45, 2.75) is 13.8 Å². The van der Waals surface area contributed by atoms with Gasteiger partial charge in [0.05, 0.1) is 5.69 Å². The Morgan fingerprint density at radius 1 is 1.29 bits per heavy atom. The van der Waals surface area contributed by atoms with Gasteiger partial charge < -0.3 is 0 Å². The smallest absolute Gasteiger partial charge is 0.175 e. The number of halogens is 1. The van der Waals surface area contributed by atoms with E-state index in [-0.39, 0.29) is 5.78 Å². The number of hydrogen-bond donors (Lipinski definition) is 1. The average molecular weight is 255 g/mol. The van der Waals surface area contributed by atoms with Gasteiger partial charge in [-0.1, -0.05) is 15.9 Å². The highest BCUT2D eigenvalue weighted by Gasteiger charge is 1.96. The molecular weight excluding hydrogens is 244 g/mol. The molecule has 1 N–H and O–H groups in total. The minimum Gasteiger partial charge on any atom is -0.293 e. The van der Waals surface area contributed by atoms with Crippen LogP contribution in [-0.2, 0) is 4.79 Å². The third kappa shape index (κ3) is 3.30. The van der Waals surface area contributed by atoms with E-state index in [1.807, 2.05) is 24.3 Å². The van der Waals surface area contributed by atoms with Crippen LogP contribution in [0.15, 0.2) is 33.8 Å². The van der Waals surface area contributed by atoms with E-state index in [4.69, 9.17) is 0 Å². The number of rotatable bonds is 3. The number of Topliss-reactive ketones (excluding diaryl/α,β-unsaturated/α-hetero) is 1. The minimum atomic E-state index is -0.0328. The summed E-state index contributed by atoms with van der Waals surface area (Å²) in [7, 11) is 0.